The summed E-state index contributed by atoms with van der Waals surface area (Å²) < 4.78 is 0.626. The fourth-order valence-electron chi connectivity index (χ4n) is 3.33. The number of piperazine rings is 1. The number of thiocarbonyl (C=S) groups is 1. The second kappa shape index (κ2) is 10.2. The third-order valence-electron chi connectivity index (χ3n) is 5.10. The van der Waals surface area contributed by atoms with E-state index in [0.717, 1.165) is 51.0 Å². The van der Waals surface area contributed by atoms with Crippen LogP contribution in [-0.4, -0.2) is 70.6 Å². The molecule has 28 heavy (non-hydrogen) atoms. The molecule has 0 spiro atoms. The van der Waals surface area contributed by atoms with Crippen LogP contribution in [0.25, 0.3) is 6.08 Å². The highest BCUT2D eigenvalue weighted by Gasteiger charge is 2.31. The molecule has 2 amide bonds. The highest BCUT2D eigenvalue weighted by atomic mass is 32.2. The van der Waals surface area contributed by atoms with Gasteiger partial charge in [-0.2, -0.15) is 0 Å². The molecule has 2 heterocycles. The van der Waals surface area contributed by atoms with E-state index in [9.17, 15) is 9.59 Å². The average Bonchev–Trinajstić information content (AvgIpc) is 2.96. The van der Waals surface area contributed by atoms with Crippen LogP contribution in [0.15, 0.2) is 35.2 Å². The summed E-state index contributed by atoms with van der Waals surface area (Å²) in [7, 11) is 2.09. The number of hydrogen-bond donors (Lipinski definition) is 0. The molecule has 0 aliphatic carbocycles. The van der Waals surface area contributed by atoms with Gasteiger partial charge >= 0.3 is 0 Å². The molecule has 0 bridgehead atoms. The van der Waals surface area contributed by atoms with Gasteiger partial charge in [0.1, 0.15) is 4.32 Å². The number of thioether (sulfide) groups is 1. The monoisotopic (exact) mass is 417 g/mol. The molecule has 5 nitrogen and oxygen atoms in total. The van der Waals surface area contributed by atoms with Gasteiger partial charge in [0.25, 0.3) is 5.91 Å². The molecule has 0 saturated carbocycles. The number of hydrogen-bond acceptors (Lipinski definition) is 5. The van der Waals surface area contributed by atoms with E-state index in [-0.39, 0.29) is 11.8 Å². The number of carbonyl (C=O) groups is 2. The van der Waals surface area contributed by atoms with Crippen LogP contribution in [0.5, 0.6) is 0 Å². The Kier molecular flexibility index (Phi) is 7.65. The van der Waals surface area contributed by atoms with Crippen LogP contribution in [0.3, 0.4) is 0 Å². The number of likely N-dealkylation sites (N-methyl/N-ethyl adjacent to an activating group) is 1. The van der Waals surface area contributed by atoms with Crippen molar-refractivity contribution < 1.29 is 9.59 Å². The highest BCUT2D eigenvalue weighted by molar-refractivity contribution is 8.26. The molecule has 0 atom stereocenters. The second-order valence-electron chi connectivity index (χ2n) is 7.24. The number of nitrogens with zero attached hydrogens (tertiary/aromatic N) is 3. The van der Waals surface area contributed by atoms with Crippen LogP contribution in [0, 0.1) is 0 Å². The average molecular weight is 418 g/mol. The zero-order chi connectivity index (χ0) is 19.9. The lowest BCUT2D eigenvalue weighted by Crippen LogP contribution is -2.47. The summed E-state index contributed by atoms with van der Waals surface area (Å²) >= 11 is 6.76. The van der Waals surface area contributed by atoms with Crippen LogP contribution < -0.4 is 0 Å². The molecule has 2 aliphatic heterocycles. The molecular formula is C21H27N3O2S2. The van der Waals surface area contributed by atoms with Crippen molar-refractivity contribution in [3.63, 3.8) is 0 Å². The van der Waals surface area contributed by atoms with Gasteiger partial charge in [-0.25, -0.2) is 0 Å². The van der Waals surface area contributed by atoms with Crippen molar-refractivity contribution in [2.45, 2.75) is 25.7 Å². The van der Waals surface area contributed by atoms with Gasteiger partial charge in [-0.15, -0.1) is 0 Å². The Morgan fingerprint density at radius 1 is 1.11 bits per heavy atom. The third-order valence-corrected chi connectivity index (χ3v) is 6.48. The predicted octanol–water partition coefficient (Wildman–Crippen LogP) is 3.22. The van der Waals surface area contributed by atoms with Crippen LogP contribution in [0.2, 0.25) is 0 Å². The molecule has 150 valence electrons. The molecular weight excluding hydrogens is 390 g/mol. The van der Waals surface area contributed by atoms with Crippen molar-refractivity contribution in [3.8, 4) is 0 Å². The van der Waals surface area contributed by atoms with Crippen LogP contribution in [0.1, 0.15) is 31.2 Å². The van der Waals surface area contributed by atoms with Gasteiger partial charge in [-0.3, -0.25) is 14.5 Å². The first-order valence-electron chi connectivity index (χ1n) is 9.81. The second-order valence-corrected chi connectivity index (χ2v) is 8.91. The molecule has 7 heteroatoms. The maximum atomic E-state index is 12.6. The first-order chi connectivity index (χ1) is 13.5. The molecule has 0 N–H and O–H groups in total. The van der Waals surface area contributed by atoms with E-state index < -0.39 is 0 Å². The lowest BCUT2D eigenvalue weighted by Gasteiger charge is -2.32. The molecule has 3 rings (SSSR count). The molecule has 1 aromatic rings. The minimum Gasteiger partial charge on any atom is -0.340 e. The SMILES string of the molecule is CN1CCN(C(=O)CCCCCN2C(=O)/C(=C/c3ccccc3)SC2=S)CC1. The Morgan fingerprint density at radius 3 is 2.54 bits per heavy atom. The molecule has 2 fully saturated rings. The van der Waals surface area contributed by atoms with E-state index in [4.69, 9.17) is 12.2 Å². The van der Waals surface area contributed by atoms with Crippen molar-refractivity contribution in [1.82, 2.24) is 14.7 Å². The zero-order valence-electron chi connectivity index (χ0n) is 16.3. The summed E-state index contributed by atoms with van der Waals surface area (Å²) in [5.41, 5.74) is 1.01. The van der Waals surface area contributed by atoms with Crippen LogP contribution in [0.4, 0.5) is 0 Å². The fourth-order valence-corrected chi connectivity index (χ4v) is 4.64. The van der Waals surface area contributed by atoms with E-state index in [1.54, 1.807) is 4.90 Å². The van der Waals surface area contributed by atoms with Gasteiger partial charge < -0.3 is 9.80 Å². The van der Waals surface area contributed by atoms with Crippen LogP contribution in [-0.2, 0) is 9.59 Å². The maximum absolute atomic E-state index is 12.6. The smallest absolute Gasteiger partial charge is 0.266 e. The summed E-state index contributed by atoms with van der Waals surface area (Å²) in [6.07, 6.45) is 5.14. The molecule has 2 aliphatic rings. The Balaban J connectivity index is 1.39. The summed E-state index contributed by atoms with van der Waals surface area (Å²) in [5.74, 6) is 0.247. The molecule has 0 unspecified atom stereocenters. The zero-order valence-corrected chi connectivity index (χ0v) is 17.9. The highest BCUT2D eigenvalue weighted by Crippen LogP contribution is 2.32. The van der Waals surface area contributed by atoms with Gasteiger partial charge in [0.2, 0.25) is 5.91 Å². The van der Waals surface area contributed by atoms with Gasteiger partial charge in [0.15, 0.2) is 0 Å². The summed E-state index contributed by atoms with van der Waals surface area (Å²) in [6, 6.07) is 9.82. The lowest BCUT2D eigenvalue weighted by molar-refractivity contribution is -0.133. The molecule has 0 aromatic heterocycles. The van der Waals surface area contributed by atoms with Crippen LogP contribution >= 0.6 is 24.0 Å². The normalized spacial score (nSPS) is 19.7. The van der Waals surface area contributed by atoms with Gasteiger partial charge in [0.05, 0.1) is 4.91 Å². The van der Waals surface area contributed by atoms with Crippen molar-refractivity contribution in [2.75, 3.05) is 39.8 Å². The fraction of sp³-hybridized carbons (Fsp3) is 0.476. The topological polar surface area (TPSA) is 43.9 Å². The molecule has 0 radical (unpaired) electrons. The first-order valence-corrected chi connectivity index (χ1v) is 11.0. The number of amides is 2. The van der Waals surface area contributed by atoms with Crippen molar-refractivity contribution >= 4 is 46.2 Å². The van der Waals surface area contributed by atoms with E-state index in [0.29, 0.717) is 22.2 Å². The van der Waals surface area contributed by atoms with Gasteiger partial charge in [-0.1, -0.05) is 60.7 Å². The number of rotatable bonds is 7. The van der Waals surface area contributed by atoms with E-state index in [1.807, 2.05) is 41.3 Å². The van der Waals surface area contributed by atoms with Crippen molar-refractivity contribution in [1.29, 1.82) is 0 Å². The first kappa shape index (κ1) is 21.0. The van der Waals surface area contributed by atoms with Crippen molar-refractivity contribution in [2.24, 2.45) is 0 Å². The Bertz CT molecular complexity index is 743. The largest absolute Gasteiger partial charge is 0.340 e. The molecule has 1 aromatic carbocycles. The Labute approximate surface area is 176 Å². The standard InChI is InChI=1S/C21H27N3O2S2/c1-22-12-14-23(15-13-22)19(25)10-6-3-7-11-24-20(26)18(28-21(24)27)16-17-8-4-2-5-9-17/h2,4-5,8-9,16H,3,6-7,10-15H2,1H3/b18-16-. The number of carbonyl (C=O) groups excluding carboxylic acids is 2. The lowest BCUT2D eigenvalue weighted by atomic mass is 10.1. The minimum atomic E-state index is -0.00707. The Morgan fingerprint density at radius 2 is 1.82 bits per heavy atom. The minimum absolute atomic E-state index is 0.00707. The van der Waals surface area contributed by atoms with E-state index in [1.165, 1.54) is 11.8 Å². The molecule has 2 saturated heterocycles. The van der Waals surface area contributed by atoms with E-state index >= 15 is 0 Å². The summed E-state index contributed by atoms with van der Waals surface area (Å²) in [4.78, 5) is 31.5. The third kappa shape index (κ3) is 5.65. The quantitative estimate of drug-likeness (QED) is 0.387. The summed E-state index contributed by atoms with van der Waals surface area (Å²) in [6.45, 7) is 4.20. The number of benzene rings is 1. The predicted molar refractivity (Wildman–Crippen MR) is 119 cm³/mol. The van der Waals surface area contributed by atoms with Crippen molar-refractivity contribution in [3.05, 3.63) is 40.8 Å². The van der Waals surface area contributed by atoms with Gasteiger partial charge in [0, 0.05) is 39.1 Å². The summed E-state index contributed by atoms with van der Waals surface area (Å²) in [5, 5.41) is 0. The van der Waals surface area contributed by atoms with E-state index in [2.05, 4.69) is 11.9 Å². The maximum Gasteiger partial charge on any atom is 0.266 e. The number of unbranched alkanes of at least 4 members (excludes halogenated alkanes) is 2. The Hall–Kier alpha value is -1.70. The van der Waals surface area contributed by atoms with Gasteiger partial charge in [-0.05, 0) is 31.5 Å².